The van der Waals surface area contributed by atoms with E-state index in [0.29, 0.717) is 5.69 Å². The lowest BCUT2D eigenvalue weighted by Gasteiger charge is -2.00. The van der Waals surface area contributed by atoms with Crippen LogP contribution in [0.3, 0.4) is 0 Å². The summed E-state index contributed by atoms with van der Waals surface area (Å²) in [6, 6.07) is 15.6. The smallest absolute Gasteiger partial charge is 0.241 e. The lowest BCUT2D eigenvalue weighted by Crippen LogP contribution is -2.05. The van der Waals surface area contributed by atoms with Crippen LogP contribution in [0.15, 0.2) is 66.9 Å². The maximum atomic E-state index is 13.1. The second kappa shape index (κ2) is 6.27. The van der Waals surface area contributed by atoms with Crippen LogP contribution in [-0.2, 0) is 4.79 Å². The summed E-state index contributed by atoms with van der Waals surface area (Å²) in [5, 5.41) is 4.55. The molecule has 1 amide bonds. The quantitative estimate of drug-likeness (QED) is 0.753. The van der Waals surface area contributed by atoms with E-state index in [1.54, 1.807) is 29.1 Å². The van der Waals surface area contributed by atoms with Crippen LogP contribution < -0.4 is 5.73 Å². The minimum absolute atomic E-state index is 0.314. The van der Waals surface area contributed by atoms with Crippen molar-refractivity contribution >= 4 is 12.0 Å². The maximum absolute atomic E-state index is 13.1. The number of carbonyl (C=O) groups excluding carboxylic acids is 1. The van der Waals surface area contributed by atoms with E-state index < -0.39 is 5.91 Å². The summed E-state index contributed by atoms with van der Waals surface area (Å²) in [7, 11) is 0. The van der Waals surface area contributed by atoms with Crippen LogP contribution in [0.25, 0.3) is 23.0 Å². The van der Waals surface area contributed by atoms with Crippen LogP contribution in [0.5, 0.6) is 0 Å². The molecule has 5 heteroatoms. The average molecular weight is 307 g/mol. The third kappa shape index (κ3) is 3.35. The molecule has 1 aromatic heterocycles. The van der Waals surface area contributed by atoms with Crippen molar-refractivity contribution in [2.24, 2.45) is 5.73 Å². The minimum atomic E-state index is -0.539. The Morgan fingerprint density at radius 2 is 1.78 bits per heavy atom. The molecule has 0 aliphatic carbocycles. The van der Waals surface area contributed by atoms with Crippen LogP contribution in [0.4, 0.5) is 4.39 Å². The number of aromatic nitrogens is 2. The fourth-order valence-electron chi connectivity index (χ4n) is 2.23. The molecule has 0 radical (unpaired) electrons. The summed E-state index contributed by atoms with van der Waals surface area (Å²) in [6.45, 7) is 0. The Kier molecular flexibility index (Phi) is 4.01. The molecule has 0 atom stereocenters. The normalized spacial score (nSPS) is 11.0. The first kappa shape index (κ1) is 14.7. The molecule has 0 saturated heterocycles. The molecule has 0 spiro atoms. The van der Waals surface area contributed by atoms with Crippen molar-refractivity contribution in [3.05, 3.63) is 78.3 Å². The Hall–Kier alpha value is -3.21. The summed E-state index contributed by atoms with van der Waals surface area (Å²) < 4.78 is 14.8. The monoisotopic (exact) mass is 307 g/mol. The van der Waals surface area contributed by atoms with Gasteiger partial charge in [0.2, 0.25) is 5.91 Å². The van der Waals surface area contributed by atoms with E-state index in [1.807, 2.05) is 30.3 Å². The highest BCUT2D eigenvalue weighted by atomic mass is 19.1. The lowest BCUT2D eigenvalue weighted by molar-refractivity contribution is -0.113. The summed E-state index contributed by atoms with van der Waals surface area (Å²) in [6.07, 6.45) is 4.68. The van der Waals surface area contributed by atoms with Gasteiger partial charge in [-0.15, -0.1) is 0 Å². The van der Waals surface area contributed by atoms with Crippen LogP contribution in [0.1, 0.15) is 5.56 Å². The Morgan fingerprint density at radius 3 is 2.43 bits per heavy atom. The van der Waals surface area contributed by atoms with Crippen LogP contribution in [-0.4, -0.2) is 15.7 Å². The first-order valence-electron chi connectivity index (χ1n) is 7.02. The van der Waals surface area contributed by atoms with Crippen LogP contribution in [0.2, 0.25) is 0 Å². The zero-order valence-corrected chi connectivity index (χ0v) is 12.2. The zero-order chi connectivity index (χ0) is 16.2. The minimum Gasteiger partial charge on any atom is -0.366 e. The molecule has 0 unspecified atom stereocenters. The van der Waals surface area contributed by atoms with Gasteiger partial charge in [-0.25, -0.2) is 9.07 Å². The number of hydrogen-bond acceptors (Lipinski definition) is 2. The molecule has 3 rings (SSSR count). The molecule has 1 heterocycles. The van der Waals surface area contributed by atoms with Crippen LogP contribution in [0, 0.1) is 5.82 Å². The number of benzene rings is 2. The van der Waals surface area contributed by atoms with E-state index >= 15 is 0 Å². The second-order valence-electron chi connectivity index (χ2n) is 4.96. The van der Waals surface area contributed by atoms with Gasteiger partial charge in [0.15, 0.2) is 0 Å². The predicted octanol–water partition coefficient (Wildman–Crippen LogP) is 3.18. The van der Waals surface area contributed by atoms with Gasteiger partial charge in [-0.2, -0.15) is 5.10 Å². The molecule has 0 aliphatic heterocycles. The summed E-state index contributed by atoms with van der Waals surface area (Å²) in [5.74, 6) is -0.854. The van der Waals surface area contributed by atoms with E-state index in [2.05, 4.69) is 5.10 Å². The highest BCUT2D eigenvalue weighted by Crippen LogP contribution is 2.25. The van der Waals surface area contributed by atoms with Crippen molar-refractivity contribution in [3.63, 3.8) is 0 Å². The summed E-state index contributed by atoms with van der Waals surface area (Å²) in [5.41, 5.74) is 8.17. The van der Waals surface area contributed by atoms with E-state index in [9.17, 15) is 9.18 Å². The summed E-state index contributed by atoms with van der Waals surface area (Å²) >= 11 is 0. The number of primary amides is 1. The predicted molar refractivity (Wildman–Crippen MR) is 87.2 cm³/mol. The third-order valence-electron chi connectivity index (χ3n) is 3.31. The fraction of sp³-hybridized carbons (Fsp3) is 0. The maximum Gasteiger partial charge on any atom is 0.241 e. The Bertz CT molecular complexity index is 852. The van der Waals surface area contributed by atoms with Crippen molar-refractivity contribution in [2.75, 3.05) is 0 Å². The van der Waals surface area contributed by atoms with Gasteiger partial charge >= 0.3 is 0 Å². The molecule has 0 saturated carbocycles. The van der Waals surface area contributed by atoms with Crippen molar-refractivity contribution in [1.29, 1.82) is 0 Å². The number of nitrogens with two attached hydrogens (primary N) is 1. The first-order chi connectivity index (χ1) is 11.1. The average Bonchev–Trinajstić information content (AvgIpc) is 2.99. The molecule has 0 fully saturated rings. The first-order valence-corrected chi connectivity index (χ1v) is 7.02. The molecular formula is C18H14FN3O. The topological polar surface area (TPSA) is 60.9 Å². The molecule has 4 nitrogen and oxygen atoms in total. The number of rotatable bonds is 4. The number of nitrogens with zero attached hydrogens (tertiary/aromatic N) is 2. The van der Waals surface area contributed by atoms with Gasteiger partial charge in [-0.1, -0.05) is 18.2 Å². The number of hydrogen-bond donors (Lipinski definition) is 1. The lowest BCUT2D eigenvalue weighted by atomic mass is 10.1. The molecule has 2 aromatic carbocycles. The SMILES string of the molecule is NC(=O)C=Cc1cn(-c2ccccc2)nc1-c1ccc(F)cc1. The molecule has 0 bridgehead atoms. The Balaban J connectivity index is 2.10. The number of amides is 1. The number of carbonyl (C=O) groups is 1. The Morgan fingerprint density at radius 1 is 1.09 bits per heavy atom. The molecule has 0 aliphatic rings. The largest absolute Gasteiger partial charge is 0.366 e. The van der Waals surface area contributed by atoms with E-state index in [0.717, 1.165) is 16.8 Å². The molecule has 114 valence electrons. The van der Waals surface area contributed by atoms with Gasteiger partial charge in [-0.05, 0) is 42.5 Å². The Labute approximate surface area is 132 Å². The standard InChI is InChI=1S/C18H14FN3O/c19-15-9-6-13(7-10-15)18-14(8-11-17(20)23)12-22(21-18)16-4-2-1-3-5-16/h1-12H,(H2,20,23). The summed E-state index contributed by atoms with van der Waals surface area (Å²) in [4.78, 5) is 11.0. The van der Waals surface area contributed by atoms with E-state index in [1.165, 1.54) is 18.2 Å². The van der Waals surface area contributed by atoms with E-state index in [-0.39, 0.29) is 5.82 Å². The van der Waals surface area contributed by atoms with E-state index in [4.69, 9.17) is 5.73 Å². The van der Waals surface area contributed by atoms with Crippen molar-refractivity contribution in [3.8, 4) is 16.9 Å². The number of halogens is 1. The highest BCUT2D eigenvalue weighted by molar-refractivity contribution is 5.91. The van der Waals surface area contributed by atoms with Crippen molar-refractivity contribution in [2.45, 2.75) is 0 Å². The highest BCUT2D eigenvalue weighted by Gasteiger charge is 2.10. The van der Waals surface area contributed by atoms with Gasteiger partial charge in [0.25, 0.3) is 0 Å². The molecule has 23 heavy (non-hydrogen) atoms. The van der Waals surface area contributed by atoms with Gasteiger partial charge < -0.3 is 5.73 Å². The second-order valence-corrected chi connectivity index (χ2v) is 4.96. The number of para-hydroxylation sites is 1. The van der Waals surface area contributed by atoms with Gasteiger partial charge in [-0.3, -0.25) is 4.79 Å². The molecular weight excluding hydrogens is 293 g/mol. The van der Waals surface area contributed by atoms with Crippen molar-refractivity contribution in [1.82, 2.24) is 9.78 Å². The third-order valence-corrected chi connectivity index (χ3v) is 3.31. The van der Waals surface area contributed by atoms with Gasteiger partial charge in [0, 0.05) is 23.4 Å². The van der Waals surface area contributed by atoms with Crippen molar-refractivity contribution < 1.29 is 9.18 Å². The van der Waals surface area contributed by atoms with Crippen LogP contribution >= 0.6 is 0 Å². The molecule has 3 aromatic rings. The van der Waals surface area contributed by atoms with Gasteiger partial charge in [0.1, 0.15) is 5.82 Å². The zero-order valence-electron chi connectivity index (χ0n) is 12.2. The molecule has 2 N–H and O–H groups in total. The fourth-order valence-corrected chi connectivity index (χ4v) is 2.23. The van der Waals surface area contributed by atoms with Gasteiger partial charge in [0.05, 0.1) is 11.4 Å².